The standard InChI is InChI=1S/C23H22N6O2/c1-15-11-27-22(25-9-7-17-4-3-8-24-12-17)23(31)29(15)21-13-26-20-6-5-18(10-19(20)21)16(2)28-14-30/h3-6,8,10-14,26H,2,7,9H2,1H3,(H,25,27)(H,28,30). The lowest BCUT2D eigenvalue weighted by molar-refractivity contribution is -0.108. The van der Waals surface area contributed by atoms with Crippen LogP contribution < -0.4 is 16.2 Å². The first-order valence-electron chi connectivity index (χ1n) is 9.81. The summed E-state index contributed by atoms with van der Waals surface area (Å²) in [5.41, 5.74) is 4.37. The molecule has 31 heavy (non-hydrogen) atoms. The molecule has 3 heterocycles. The summed E-state index contributed by atoms with van der Waals surface area (Å²) >= 11 is 0. The lowest BCUT2D eigenvalue weighted by atomic mass is 10.1. The Labute approximate surface area is 178 Å². The van der Waals surface area contributed by atoms with E-state index in [0.717, 1.165) is 28.5 Å². The van der Waals surface area contributed by atoms with Gasteiger partial charge >= 0.3 is 0 Å². The highest BCUT2D eigenvalue weighted by molar-refractivity contribution is 5.91. The molecule has 1 amide bonds. The van der Waals surface area contributed by atoms with E-state index in [-0.39, 0.29) is 11.4 Å². The molecule has 0 aliphatic carbocycles. The number of nitrogens with one attached hydrogen (secondary N) is 3. The molecule has 3 aromatic heterocycles. The van der Waals surface area contributed by atoms with Gasteiger partial charge in [-0.3, -0.25) is 19.1 Å². The number of H-pyrrole nitrogens is 1. The number of aromatic amines is 1. The van der Waals surface area contributed by atoms with Crippen LogP contribution in [0.4, 0.5) is 5.82 Å². The van der Waals surface area contributed by atoms with Crippen LogP contribution in [0.1, 0.15) is 16.8 Å². The van der Waals surface area contributed by atoms with Gasteiger partial charge < -0.3 is 15.6 Å². The van der Waals surface area contributed by atoms with Crippen molar-refractivity contribution in [1.29, 1.82) is 0 Å². The molecule has 0 atom stereocenters. The molecule has 156 valence electrons. The van der Waals surface area contributed by atoms with E-state index in [1.807, 2.05) is 37.3 Å². The molecule has 1 aromatic carbocycles. The highest BCUT2D eigenvalue weighted by atomic mass is 16.1. The van der Waals surface area contributed by atoms with Crippen molar-refractivity contribution < 1.29 is 4.79 Å². The predicted molar refractivity (Wildman–Crippen MR) is 121 cm³/mol. The molecule has 0 saturated carbocycles. The molecule has 0 spiro atoms. The number of carbonyl (C=O) groups excluding carboxylic acids is 1. The lowest BCUT2D eigenvalue weighted by Gasteiger charge is -2.12. The van der Waals surface area contributed by atoms with E-state index in [0.29, 0.717) is 30.0 Å². The summed E-state index contributed by atoms with van der Waals surface area (Å²) in [4.78, 5) is 35.6. The second kappa shape index (κ2) is 8.66. The van der Waals surface area contributed by atoms with Crippen LogP contribution in [0.15, 0.2) is 66.5 Å². The molecule has 0 radical (unpaired) electrons. The largest absolute Gasteiger partial charge is 0.365 e. The number of aromatic nitrogens is 4. The number of hydrogen-bond acceptors (Lipinski definition) is 5. The maximum Gasteiger partial charge on any atom is 0.298 e. The normalized spacial score (nSPS) is 10.7. The van der Waals surface area contributed by atoms with Crippen molar-refractivity contribution in [3.8, 4) is 5.69 Å². The van der Waals surface area contributed by atoms with E-state index in [9.17, 15) is 9.59 Å². The Morgan fingerprint density at radius 3 is 2.94 bits per heavy atom. The van der Waals surface area contributed by atoms with Gasteiger partial charge in [-0.2, -0.15) is 0 Å². The van der Waals surface area contributed by atoms with Gasteiger partial charge in [0.25, 0.3) is 5.56 Å². The van der Waals surface area contributed by atoms with Crippen LogP contribution in [0, 0.1) is 6.92 Å². The molecule has 0 fully saturated rings. The smallest absolute Gasteiger partial charge is 0.298 e. The topological polar surface area (TPSA) is 105 Å². The third-order valence-corrected chi connectivity index (χ3v) is 5.05. The predicted octanol–water partition coefficient (Wildman–Crippen LogP) is 2.79. The highest BCUT2D eigenvalue weighted by Gasteiger charge is 2.14. The zero-order valence-corrected chi connectivity index (χ0v) is 17.1. The Hall–Kier alpha value is -4.20. The Morgan fingerprint density at radius 1 is 1.29 bits per heavy atom. The molecule has 0 unspecified atom stereocenters. The van der Waals surface area contributed by atoms with Gasteiger partial charge in [-0.15, -0.1) is 0 Å². The number of anilines is 1. The van der Waals surface area contributed by atoms with E-state index >= 15 is 0 Å². The van der Waals surface area contributed by atoms with Crippen LogP contribution in [0.5, 0.6) is 0 Å². The monoisotopic (exact) mass is 414 g/mol. The number of fused-ring (bicyclic) bond motifs is 1. The lowest BCUT2D eigenvalue weighted by Crippen LogP contribution is -2.26. The summed E-state index contributed by atoms with van der Waals surface area (Å²) in [6.45, 7) is 6.27. The van der Waals surface area contributed by atoms with Crippen LogP contribution in [-0.4, -0.2) is 32.5 Å². The fraction of sp³-hybridized carbons (Fsp3) is 0.130. The van der Waals surface area contributed by atoms with Crippen LogP contribution in [-0.2, 0) is 11.2 Å². The number of amides is 1. The third-order valence-electron chi connectivity index (χ3n) is 5.05. The van der Waals surface area contributed by atoms with Gasteiger partial charge in [0.1, 0.15) is 0 Å². The van der Waals surface area contributed by atoms with E-state index in [1.54, 1.807) is 29.4 Å². The second-order valence-electron chi connectivity index (χ2n) is 7.10. The molecule has 4 aromatic rings. The van der Waals surface area contributed by atoms with E-state index in [2.05, 4.69) is 32.2 Å². The number of rotatable bonds is 8. The SMILES string of the molecule is C=C(NC=O)c1ccc2[nH]cc(-n3c(C)cnc(NCCc4cccnc4)c3=O)c2c1. The minimum absolute atomic E-state index is 0.234. The van der Waals surface area contributed by atoms with Gasteiger partial charge in [0, 0.05) is 53.6 Å². The molecular weight excluding hydrogens is 392 g/mol. The second-order valence-corrected chi connectivity index (χ2v) is 7.10. The van der Waals surface area contributed by atoms with E-state index in [1.165, 1.54) is 0 Å². The van der Waals surface area contributed by atoms with Crippen LogP contribution in [0.25, 0.3) is 22.3 Å². The van der Waals surface area contributed by atoms with Crippen molar-refractivity contribution in [1.82, 2.24) is 24.8 Å². The Kier molecular flexibility index (Phi) is 5.61. The number of pyridine rings is 1. The summed E-state index contributed by atoms with van der Waals surface area (Å²) in [7, 11) is 0. The maximum atomic E-state index is 13.2. The number of benzene rings is 1. The number of aryl methyl sites for hydroxylation is 1. The number of hydrogen-bond donors (Lipinski definition) is 3. The molecule has 0 bridgehead atoms. The molecule has 0 saturated heterocycles. The molecule has 0 aliphatic heterocycles. The summed E-state index contributed by atoms with van der Waals surface area (Å²) in [5.74, 6) is 0.284. The zero-order valence-electron chi connectivity index (χ0n) is 17.1. The minimum Gasteiger partial charge on any atom is -0.365 e. The first kappa shape index (κ1) is 20.1. The average Bonchev–Trinajstić information content (AvgIpc) is 3.19. The van der Waals surface area contributed by atoms with Crippen molar-refractivity contribution in [3.05, 3.63) is 88.9 Å². The fourth-order valence-electron chi connectivity index (χ4n) is 3.46. The summed E-state index contributed by atoms with van der Waals surface area (Å²) < 4.78 is 1.62. The third kappa shape index (κ3) is 4.09. The summed E-state index contributed by atoms with van der Waals surface area (Å²) in [6, 6.07) is 9.51. The van der Waals surface area contributed by atoms with Crippen molar-refractivity contribution in [2.45, 2.75) is 13.3 Å². The Morgan fingerprint density at radius 2 is 2.16 bits per heavy atom. The van der Waals surface area contributed by atoms with E-state index < -0.39 is 0 Å². The van der Waals surface area contributed by atoms with Gasteiger partial charge in [0.05, 0.1) is 5.69 Å². The van der Waals surface area contributed by atoms with Crippen molar-refractivity contribution in [3.63, 3.8) is 0 Å². The van der Waals surface area contributed by atoms with Crippen molar-refractivity contribution >= 4 is 28.8 Å². The van der Waals surface area contributed by atoms with Gasteiger partial charge in [-0.05, 0) is 42.7 Å². The maximum absolute atomic E-state index is 13.2. The van der Waals surface area contributed by atoms with Gasteiger partial charge in [0.15, 0.2) is 5.82 Å². The highest BCUT2D eigenvalue weighted by Crippen LogP contribution is 2.25. The Balaban J connectivity index is 1.67. The Bertz CT molecular complexity index is 1310. The summed E-state index contributed by atoms with van der Waals surface area (Å²) in [6.07, 6.45) is 8.31. The van der Waals surface area contributed by atoms with Gasteiger partial charge in [-0.25, -0.2) is 4.98 Å². The van der Waals surface area contributed by atoms with Crippen LogP contribution >= 0.6 is 0 Å². The fourth-order valence-corrected chi connectivity index (χ4v) is 3.46. The number of carbonyl (C=O) groups is 1. The molecular formula is C23H22N6O2. The molecule has 4 rings (SSSR count). The van der Waals surface area contributed by atoms with Crippen molar-refractivity contribution in [2.24, 2.45) is 0 Å². The first-order valence-corrected chi connectivity index (χ1v) is 9.81. The van der Waals surface area contributed by atoms with Gasteiger partial charge in [-0.1, -0.05) is 18.7 Å². The molecule has 8 heteroatoms. The summed E-state index contributed by atoms with van der Waals surface area (Å²) in [5, 5.41) is 6.55. The van der Waals surface area contributed by atoms with Crippen molar-refractivity contribution in [2.75, 3.05) is 11.9 Å². The van der Waals surface area contributed by atoms with Gasteiger partial charge in [0.2, 0.25) is 6.41 Å². The quantitative estimate of drug-likeness (QED) is 0.385. The van der Waals surface area contributed by atoms with Crippen LogP contribution in [0.3, 0.4) is 0 Å². The molecule has 3 N–H and O–H groups in total. The molecule has 8 nitrogen and oxygen atoms in total. The minimum atomic E-state index is -0.234. The van der Waals surface area contributed by atoms with Crippen LogP contribution in [0.2, 0.25) is 0 Å². The molecule has 0 aliphatic rings. The average molecular weight is 414 g/mol. The number of nitrogens with zero attached hydrogens (tertiary/aromatic N) is 3. The first-order chi connectivity index (χ1) is 15.1. The zero-order chi connectivity index (χ0) is 21.8. The van der Waals surface area contributed by atoms with E-state index in [4.69, 9.17) is 0 Å².